The highest BCUT2D eigenvalue weighted by Crippen LogP contribution is 2.13. The molecule has 1 aliphatic rings. The van der Waals surface area contributed by atoms with Gasteiger partial charge in [0, 0.05) is 26.7 Å². The van der Waals surface area contributed by atoms with Gasteiger partial charge >= 0.3 is 0 Å². The van der Waals surface area contributed by atoms with E-state index in [1.807, 2.05) is 0 Å². The van der Waals surface area contributed by atoms with Gasteiger partial charge in [-0.05, 0) is 33.2 Å². The smallest absolute Gasteiger partial charge is 0.216 e. The Balaban J connectivity index is 2.34. The normalized spacial score (nSPS) is 21.3. The SMILES string of the molecule is CCCCCN1CCOC(CCN(C)S(=O)(=O)C(C)C)C1. The van der Waals surface area contributed by atoms with Crippen molar-refractivity contribution in [1.82, 2.24) is 9.21 Å². The molecule has 1 heterocycles. The topological polar surface area (TPSA) is 49.9 Å². The first kappa shape index (κ1) is 18.9. The van der Waals surface area contributed by atoms with Crippen LogP contribution in [0.3, 0.4) is 0 Å². The zero-order chi connectivity index (χ0) is 15.9. The van der Waals surface area contributed by atoms with Crippen LogP contribution >= 0.6 is 0 Å². The van der Waals surface area contributed by atoms with Crippen molar-refractivity contribution >= 4 is 10.0 Å². The van der Waals surface area contributed by atoms with Crippen LogP contribution in [0.2, 0.25) is 0 Å². The number of morpholine rings is 1. The minimum Gasteiger partial charge on any atom is -0.376 e. The number of hydrogen-bond acceptors (Lipinski definition) is 4. The lowest BCUT2D eigenvalue weighted by Gasteiger charge is -2.33. The number of unbranched alkanes of at least 4 members (excludes halogenated alkanes) is 2. The van der Waals surface area contributed by atoms with Crippen molar-refractivity contribution in [1.29, 1.82) is 0 Å². The molecule has 1 aliphatic heterocycles. The fraction of sp³-hybridized carbons (Fsp3) is 1.00. The van der Waals surface area contributed by atoms with Crippen LogP contribution < -0.4 is 0 Å². The maximum atomic E-state index is 12.0. The van der Waals surface area contributed by atoms with Crippen LogP contribution in [-0.2, 0) is 14.8 Å². The van der Waals surface area contributed by atoms with Crippen LogP contribution in [0, 0.1) is 0 Å². The number of nitrogens with zero attached hydrogens (tertiary/aromatic N) is 2. The van der Waals surface area contributed by atoms with Crippen molar-refractivity contribution in [2.75, 3.05) is 39.8 Å². The number of ether oxygens (including phenoxy) is 1. The zero-order valence-electron chi connectivity index (χ0n) is 14.0. The Morgan fingerprint density at radius 2 is 2.05 bits per heavy atom. The summed E-state index contributed by atoms with van der Waals surface area (Å²) >= 11 is 0. The lowest BCUT2D eigenvalue weighted by atomic mass is 10.2. The lowest BCUT2D eigenvalue weighted by molar-refractivity contribution is -0.0333. The van der Waals surface area contributed by atoms with Gasteiger partial charge in [0.15, 0.2) is 0 Å². The van der Waals surface area contributed by atoms with Crippen LogP contribution in [0.4, 0.5) is 0 Å². The Morgan fingerprint density at radius 1 is 1.33 bits per heavy atom. The van der Waals surface area contributed by atoms with Crippen LogP contribution in [0.5, 0.6) is 0 Å². The van der Waals surface area contributed by atoms with Gasteiger partial charge in [-0.15, -0.1) is 0 Å². The van der Waals surface area contributed by atoms with Gasteiger partial charge in [-0.3, -0.25) is 4.90 Å². The molecule has 0 aromatic rings. The Kier molecular flexibility index (Phi) is 8.16. The van der Waals surface area contributed by atoms with E-state index in [1.54, 1.807) is 20.9 Å². The largest absolute Gasteiger partial charge is 0.376 e. The van der Waals surface area contributed by atoms with E-state index in [-0.39, 0.29) is 11.4 Å². The zero-order valence-corrected chi connectivity index (χ0v) is 14.9. The molecule has 0 N–H and O–H groups in total. The van der Waals surface area contributed by atoms with E-state index in [9.17, 15) is 8.42 Å². The molecule has 0 amide bonds. The molecule has 21 heavy (non-hydrogen) atoms. The van der Waals surface area contributed by atoms with Gasteiger partial charge in [-0.1, -0.05) is 19.8 Å². The highest BCUT2D eigenvalue weighted by Gasteiger charge is 2.25. The Morgan fingerprint density at radius 3 is 2.67 bits per heavy atom. The molecule has 5 nitrogen and oxygen atoms in total. The van der Waals surface area contributed by atoms with E-state index in [0.29, 0.717) is 6.54 Å². The molecule has 0 aromatic carbocycles. The molecule has 1 unspecified atom stereocenters. The van der Waals surface area contributed by atoms with Gasteiger partial charge in [0.1, 0.15) is 0 Å². The molecule has 1 saturated heterocycles. The first-order chi connectivity index (χ1) is 9.87. The molecule has 0 aromatic heterocycles. The van der Waals surface area contributed by atoms with E-state index < -0.39 is 10.0 Å². The molecule has 0 spiro atoms. The van der Waals surface area contributed by atoms with Crippen molar-refractivity contribution in [2.24, 2.45) is 0 Å². The molecule has 0 radical (unpaired) electrons. The standard InChI is InChI=1S/C15H32N2O3S/c1-5-6-7-9-17-11-12-20-15(13-17)8-10-16(4)21(18,19)14(2)3/h14-15H,5-13H2,1-4H3. The van der Waals surface area contributed by atoms with E-state index in [0.717, 1.165) is 32.7 Å². The number of hydrogen-bond donors (Lipinski definition) is 0. The Labute approximate surface area is 130 Å². The molecule has 1 atom stereocenters. The predicted octanol–water partition coefficient (Wildman–Crippen LogP) is 1.94. The van der Waals surface area contributed by atoms with Gasteiger partial charge in [-0.2, -0.15) is 0 Å². The average molecular weight is 320 g/mol. The maximum absolute atomic E-state index is 12.0. The molecule has 0 bridgehead atoms. The second-order valence-corrected chi connectivity index (χ2v) is 8.80. The molecule has 126 valence electrons. The van der Waals surface area contributed by atoms with Crippen LogP contribution in [-0.4, -0.2) is 68.8 Å². The molecule has 6 heteroatoms. The lowest BCUT2D eigenvalue weighted by Crippen LogP contribution is -2.44. The summed E-state index contributed by atoms with van der Waals surface area (Å²) in [6.45, 7) is 10.0. The van der Waals surface area contributed by atoms with Crippen molar-refractivity contribution in [3.8, 4) is 0 Å². The molecule has 1 fully saturated rings. The summed E-state index contributed by atoms with van der Waals surface area (Å²) in [6, 6.07) is 0. The van der Waals surface area contributed by atoms with E-state index >= 15 is 0 Å². The number of rotatable bonds is 9. The fourth-order valence-electron chi connectivity index (χ4n) is 2.56. The molecule has 0 saturated carbocycles. The highest BCUT2D eigenvalue weighted by atomic mass is 32.2. The van der Waals surface area contributed by atoms with Crippen molar-refractivity contribution in [3.63, 3.8) is 0 Å². The molecule has 0 aliphatic carbocycles. The first-order valence-corrected chi connectivity index (χ1v) is 9.67. The minimum absolute atomic E-state index is 0.158. The third-order valence-corrected chi connectivity index (χ3v) is 6.34. The maximum Gasteiger partial charge on any atom is 0.216 e. The second-order valence-electron chi connectivity index (χ2n) is 6.20. The molecular weight excluding hydrogens is 288 g/mol. The van der Waals surface area contributed by atoms with Gasteiger partial charge in [0.05, 0.1) is 18.0 Å². The Hall–Kier alpha value is -0.170. The van der Waals surface area contributed by atoms with Gasteiger partial charge in [0.2, 0.25) is 10.0 Å². The van der Waals surface area contributed by atoms with Gasteiger partial charge < -0.3 is 4.74 Å². The second kappa shape index (κ2) is 9.08. The fourth-order valence-corrected chi connectivity index (χ4v) is 3.64. The first-order valence-electron chi connectivity index (χ1n) is 8.17. The Bertz CT molecular complexity index is 384. The summed E-state index contributed by atoms with van der Waals surface area (Å²) < 4.78 is 31.3. The summed E-state index contributed by atoms with van der Waals surface area (Å²) in [7, 11) is -1.48. The van der Waals surface area contributed by atoms with E-state index in [1.165, 1.54) is 23.6 Å². The average Bonchev–Trinajstić information content (AvgIpc) is 2.45. The predicted molar refractivity (Wildman–Crippen MR) is 87.0 cm³/mol. The minimum atomic E-state index is -3.14. The molecule has 1 rings (SSSR count). The van der Waals surface area contributed by atoms with Crippen molar-refractivity contribution in [3.05, 3.63) is 0 Å². The summed E-state index contributed by atoms with van der Waals surface area (Å²) in [5.74, 6) is 0. The summed E-state index contributed by atoms with van der Waals surface area (Å²) in [5, 5.41) is -0.361. The quantitative estimate of drug-likeness (QED) is 0.609. The van der Waals surface area contributed by atoms with Gasteiger partial charge in [-0.25, -0.2) is 12.7 Å². The van der Waals surface area contributed by atoms with Crippen molar-refractivity contribution < 1.29 is 13.2 Å². The van der Waals surface area contributed by atoms with Crippen molar-refractivity contribution in [2.45, 2.75) is 57.8 Å². The summed E-state index contributed by atoms with van der Waals surface area (Å²) in [5.41, 5.74) is 0. The monoisotopic (exact) mass is 320 g/mol. The van der Waals surface area contributed by atoms with Crippen LogP contribution in [0.25, 0.3) is 0 Å². The third-order valence-electron chi connectivity index (χ3n) is 4.10. The highest BCUT2D eigenvalue weighted by molar-refractivity contribution is 7.89. The van der Waals surface area contributed by atoms with E-state index in [4.69, 9.17) is 4.74 Å². The van der Waals surface area contributed by atoms with E-state index in [2.05, 4.69) is 11.8 Å². The summed E-state index contributed by atoms with van der Waals surface area (Å²) in [6.07, 6.45) is 4.69. The van der Waals surface area contributed by atoms with Crippen LogP contribution in [0.1, 0.15) is 46.5 Å². The van der Waals surface area contributed by atoms with Gasteiger partial charge in [0.25, 0.3) is 0 Å². The number of sulfonamides is 1. The molecular formula is C15H32N2O3S. The summed E-state index contributed by atoms with van der Waals surface area (Å²) in [4.78, 5) is 2.45. The van der Waals surface area contributed by atoms with Crippen LogP contribution in [0.15, 0.2) is 0 Å². The third kappa shape index (κ3) is 6.22.